The van der Waals surface area contributed by atoms with Crippen LogP contribution in [-0.2, 0) is 6.54 Å². The van der Waals surface area contributed by atoms with Crippen molar-refractivity contribution in [2.24, 2.45) is 0 Å². The number of carbonyl (C=O) groups excluding carboxylic acids is 1. The van der Waals surface area contributed by atoms with Gasteiger partial charge in [0.05, 0.1) is 22.9 Å². The molecule has 2 N–H and O–H groups in total. The van der Waals surface area contributed by atoms with Crippen LogP contribution in [0.15, 0.2) is 64.3 Å². The topological polar surface area (TPSA) is 96.8 Å². The highest BCUT2D eigenvalue weighted by atomic mass is 35.5. The quantitative estimate of drug-likeness (QED) is 0.465. The molecule has 7 nitrogen and oxygen atoms in total. The lowest BCUT2D eigenvalue weighted by molar-refractivity contribution is 0.0949. The maximum absolute atomic E-state index is 13.2. The summed E-state index contributed by atoms with van der Waals surface area (Å²) in [7, 11) is 0. The van der Waals surface area contributed by atoms with Crippen LogP contribution in [0.1, 0.15) is 20.9 Å². The Morgan fingerprint density at radius 3 is 2.62 bits per heavy atom. The van der Waals surface area contributed by atoms with Crippen molar-refractivity contribution < 1.29 is 9.18 Å². The van der Waals surface area contributed by atoms with Gasteiger partial charge in [0, 0.05) is 16.6 Å². The molecule has 32 heavy (non-hydrogen) atoms. The molecule has 1 amide bonds. The fourth-order valence-corrected chi connectivity index (χ4v) is 4.38. The van der Waals surface area contributed by atoms with Gasteiger partial charge in [0.2, 0.25) is 0 Å². The number of amides is 1. The molecule has 2 heterocycles. The highest BCUT2D eigenvalue weighted by molar-refractivity contribution is 7.15. The minimum Gasteiger partial charge on any atom is -0.347 e. The number of hydrogen-bond acceptors (Lipinski definition) is 5. The maximum Gasteiger partial charge on any atom is 0.333 e. The van der Waals surface area contributed by atoms with E-state index in [1.807, 2.05) is 25.1 Å². The largest absolute Gasteiger partial charge is 0.347 e. The number of rotatable bonds is 5. The van der Waals surface area contributed by atoms with Crippen LogP contribution in [0, 0.1) is 12.7 Å². The Bertz CT molecular complexity index is 1430. The van der Waals surface area contributed by atoms with Gasteiger partial charge < -0.3 is 10.3 Å². The lowest BCUT2D eigenvalue weighted by Crippen LogP contribution is -2.39. The normalized spacial score (nSPS) is 10.8. The molecule has 4 rings (SSSR count). The summed E-state index contributed by atoms with van der Waals surface area (Å²) in [5.41, 5.74) is -0.119. The van der Waals surface area contributed by atoms with Crippen molar-refractivity contribution in [3.8, 4) is 16.3 Å². The maximum atomic E-state index is 13.2. The monoisotopic (exact) mass is 470 g/mol. The number of halogens is 2. The predicted octanol–water partition coefficient (Wildman–Crippen LogP) is 3.68. The van der Waals surface area contributed by atoms with Crippen LogP contribution in [0.5, 0.6) is 0 Å². The van der Waals surface area contributed by atoms with E-state index >= 15 is 0 Å². The third-order valence-corrected chi connectivity index (χ3v) is 6.23. The first kappa shape index (κ1) is 21.7. The lowest BCUT2D eigenvalue weighted by atomic mass is 10.2. The molecule has 0 atom stereocenters. The molecule has 0 aliphatic carbocycles. The Hall–Kier alpha value is -3.56. The van der Waals surface area contributed by atoms with Gasteiger partial charge >= 0.3 is 5.69 Å². The number of nitrogens with one attached hydrogen (secondary N) is 2. The van der Waals surface area contributed by atoms with Gasteiger partial charge in [-0.25, -0.2) is 18.7 Å². The highest BCUT2D eigenvalue weighted by Crippen LogP contribution is 2.32. The minimum absolute atomic E-state index is 0.141. The first-order chi connectivity index (χ1) is 15.3. The Labute approximate surface area is 190 Å². The fraction of sp³-hybridized carbons (Fsp3) is 0.0909. The van der Waals surface area contributed by atoms with Crippen LogP contribution in [0.25, 0.3) is 16.3 Å². The molecule has 0 bridgehead atoms. The van der Waals surface area contributed by atoms with Gasteiger partial charge in [-0.1, -0.05) is 29.8 Å². The van der Waals surface area contributed by atoms with Crippen molar-refractivity contribution in [2.45, 2.75) is 13.5 Å². The number of nitrogens with zero attached hydrogens (tertiary/aromatic N) is 2. The molecule has 0 aliphatic heterocycles. The molecular weight excluding hydrogens is 455 g/mol. The van der Waals surface area contributed by atoms with E-state index in [0.29, 0.717) is 5.02 Å². The Morgan fingerprint density at radius 1 is 1.19 bits per heavy atom. The van der Waals surface area contributed by atoms with Gasteiger partial charge in [0.25, 0.3) is 11.5 Å². The number of aromatic amines is 1. The molecule has 0 spiro atoms. The zero-order valence-corrected chi connectivity index (χ0v) is 18.3. The van der Waals surface area contributed by atoms with E-state index in [1.54, 1.807) is 6.07 Å². The van der Waals surface area contributed by atoms with E-state index in [-0.39, 0.29) is 17.8 Å². The molecule has 2 aromatic heterocycles. The third kappa shape index (κ3) is 4.25. The molecule has 0 saturated carbocycles. The van der Waals surface area contributed by atoms with Gasteiger partial charge in [-0.3, -0.25) is 9.59 Å². The standard InChI is InChI=1S/C22H16ClFN4O3S/c1-12-18(32-20(27-12)15-4-2-3-5-17(15)23)11-25-19(29)16-10-26-22(31)28(21(16)30)14-8-6-13(24)7-9-14/h2-10H,11H2,1H3,(H,25,29)(H,26,31). The average molecular weight is 471 g/mol. The van der Waals surface area contributed by atoms with Gasteiger partial charge in [-0.05, 0) is 37.3 Å². The van der Waals surface area contributed by atoms with E-state index in [2.05, 4.69) is 15.3 Å². The first-order valence-corrected chi connectivity index (χ1v) is 10.6. The second-order valence-electron chi connectivity index (χ2n) is 6.81. The van der Waals surface area contributed by atoms with E-state index in [9.17, 15) is 18.8 Å². The number of benzene rings is 2. The van der Waals surface area contributed by atoms with Crippen molar-refractivity contribution in [1.82, 2.24) is 19.9 Å². The van der Waals surface area contributed by atoms with Gasteiger partial charge in [-0.2, -0.15) is 0 Å². The second kappa shape index (κ2) is 8.89. The summed E-state index contributed by atoms with van der Waals surface area (Å²) in [5, 5.41) is 3.98. The fourth-order valence-electron chi connectivity index (χ4n) is 3.06. The van der Waals surface area contributed by atoms with Crippen LogP contribution >= 0.6 is 22.9 Å². The van der Waals surface area contributed by atoms with Crippen molar-refractivity contribution in [1.29, 1.82) is 0 Å². The smallest absolute Gasteiger partial charge is 0.333 e. The first-order valence-electron chi connectivity index (χ1n) is 9.45. The summed E-state index contributed by atoms with van der Waals surface area (Å²) in [4.78, 5) is 45.3. The van der Waals surface area contributed by atoms with Crippen molar-refractivity contribution in [3.63, 3.8) is 0 Å². The van der Waals surface area contributed by atoms with Crippen molar-refractivity contribution >= 4 is 28.8 Å². The highest BCUT2D eigenvalue weighted by Gasteiger charge is 2.17. The van der Waals surface area contributed by atoms with Crippen molar-refractivity contribution in [2.75, 3.05) is 0 Å². The lowest BCUT2D eigenvalue weighted by Gasteiger charge is -2.08. The Balaban J connectivity index is 1.58. The van der Waals surface area contributed by atoms with Crippen LogP contribution in [0.4, 0.5) is 4.39 Å². The summed E-state index contributed by atoms with van der Waals surface area (Å²) in [6.07, 6.45) is 1.06. The number of carbonyl (C=O) groups is 1. The van der Waals surface area contributed by atoms with E-state index in [4.69, 9.17) is 11.6 Å². The van der Waals surface area contributed by atoms with Crippen LogP contribution in [-0.4, -0.2) is 20.4 Å². The molecule has 2 aromatic carbocycles. The summed E-state index contributed by atoms with van der Waals surface area (Å²) < 4.78 is 14.0. The number of hydrogen-bond donors (Lipinski definition) is 2. The number of aromatic nitrogens is 3. The zero-order chi connectivity index (χ0) is 22.8. The summed E-state index contributed by atoms with van der Waals surface area (Å²) in [5.74, 6) is -1.17. The third-order valence-electron chi connectivity index (χ3n) is 4.71. The summed E-state index contributed by atoms with van der Waals surface area (Å²) >= 11 is 7.63. The minimum atomic E-state index is -0.810. The molecule has 0 fully saturated rings. The zero-order valence-electron chi connectivity index (χ0n) is 16.7. The van der Waals surface area contributed by atoms with Crippen LogP contribution in [0.3, 0.4) is 0 Å². The molecule has 0 unspecified atom stereocenters. The van der Waals surface area contributed by atoms with E-state index in [1.165, 1.54) is 23.5 Å². The summed E-state index contributed by atoms with van der Waals surface area (Å²) in [6.45, 7) is 1.96. The SMILES string of the molecule is Cc1nc(-c2ccccc2Cl)sc1CNC(=O)c1c[nH]c(=O)n(-c2ccc(F)cc2)c1=O. The average Bonchev–Trinajstić information content (AvgIpc) is 3.14. The van der Waals surface area contributed by atoms with Crippen LogP contribution < -0.4 is 16.6 Å². The van der Waals surface area contributed by atoms with Gasteiger partial charge in [-0.15, -0.1) is 11.3 Å². The molecular formula is C22H16ClFN4O3S. The Kier molecular flexibility index (Phi) is 6.02. The number of aryl methyl sites for hydroxylation is 1. The van der Waals surface area contributed by atoms with E-state index in [0.717, 1.165) is 44.0 Å². The molecule has 10 heteroatoms. The van der Waals surface area contributed by atoms with Gasteiger partial charge in [0.15, 0.2) is 0 Å². The number of thiazole rings is 1. The molecule has 4 aromatic rings. The second-order valence-corrected chi connectivity index (χ2v) is 8.31. The molecule has 0 radical (unpaired) electrons. The summed E-state index contributed by atoms with van der Waals surface area (Å²) in [6, 6.07) is 12.1. The van der Waals surface area contributed by atoms with Crippen molar-refractivity contribution in [3.05, 3.63) is 103 Å². The van der Waals surface area contributed by atoms with Gasteiger partial charge in [0.1, 0.15) is 16.4 Å². The molecule has 0 saturated heterocycles. The predicted molar refractivity (Wildman–Crippen MR) is 121 cm³/mol. The number of H-pyrrole nitrogens is 1. The molecule has 0 aliphatic rings. The molecule has 162 valence electrons. The Morgan fingerprint density at radius 2 is 1.91 bits per heavy atom. The van der Waals surface area contributed by atoms with E-state index < -0.39 is 23.0 Å². The van der Waals surface area contributed by atoms with Crippen LogP contribution in [0.2, 0.25) is 5.02 Å².